The highest BCUT2D eigenvalue weighted by atomic mass is 19.1. The maximum absolute atomic E-state index is 13.7. The molecule has 1 unspecified atom stereocenters. The average Bonchev–Trinajstić information content (AvgIpc) is 3.25. The van der Waals surface area contributed by atoms with Crippen molar-refractivity contribution in [3.63, 3.8) is 0 Å². The van der Waals surface area contributed by atoms with Gasteiger partial charge in [0.15, 0.2) is 0 Å². The molecule has 2 aromatic rings. The Hall–Kier alpha value is -1.74. The standard InChI is InChI=1S/C17H16F2O/c18-14-7-4-8-15(19)13(14)11-16(20)17(9-10-17)12-5-2-1-3-6-12/h1-8,16,20H,9-11H2. The smallest absolute Gasteiger partial charge is 0.129 e. The third-order valence-corrected chi connectivity index (χ3v) is 4.23. The molecule has 0 spiro atoms. The predicted octanol–water partition coefficient (Wildman–Crippen LogP) is 3.60. The Balaban J connectivity index is 1.85. The Kier molecular flexibility index (Phi) is 3.30. The van der Waals surface area contributed by atoms with E-state index in [0.717, 1.165) is 18.4 Å². The minimum atomic E-state index is -0.767. The van der Waals surface area contributed by atoms with Crippen LogP contribution in [0.1, 0.15) is 24.0 Å². The van der Waals surface area contributed by atoms with Crippen LogP contribution < -0.4 is 0 Å². The van der Waals surface area contributed by atoms with E-state index >= 15 is 0 Å². The predicted molar refractivity (Wildman–Crippen MR) is 73.4 cm³/mol. The van der Waals surface area contributed by atoms with Crippen molar-refractivity contribution in [1.29, 1.82) is 0 Å². The number of benzene rings is 2. The summed E-state index contributed by atoms with van der Waals surface area (Å²) in [5.74, 6) is -1.18. The number of hydrogen-bond acceptors (Lipinski definition) is 1. The molecule has 1 nitrogen and oxygen atoms in total. The van der Waals surface area contributed by atoms with Crippen molar-refractivity contribution in [2.24, 2.45) is 0 Å². The molecule has 20 heavy (non-hydrogen) atoms. The average molecular weight is 274 g/mol. The molecule has 1 aliphatic carbocycles. The largest absolute Gasteiger partial charge is 0.392 e. The van der Waals surface area contributed by atoms with E-state index in [-0.39, 0.29) is 17.4 Å². The summed E-state index contributed by atoms with van der Waals surface area (Å²) in [5, 5.41) is 10.5. The van der Waals surface area contributed by atoms with E-state index in [1.165, 1.54) is 18.2 Å². The highest BCUT2D eigenvalue weighted by Gasteiger charge is 2.50. The lowest BCUT2D eigenvalue weighted by molar-refractivity contribution is 0.129. The van der Waals surface area contributed by atoms with Crippen molar-refractivity contribution in [2.75, 3.05) is 0 Å². The zero-order chi connectivity index (χ0) is 14.2. The monoisotopic (exact) mass is 274 g/mol. The van der Waals surface area contributed by atoms with Crippen molar-refractivity contribution in [3.05, 3.63) is 71.3 Å². The van der Waals surface area contributed by atoms with Crippen LogP contribution in [-0.2, 0) is 11.8 Å². The summed E-state index contributed by atoms with van der Waals surface area (Å²) in [6.45, 7) is 0. The minimum Gasteiger partial charge on any atom is -0.392 e. The van der Waals surface area contributed by atoms with E-state index in [1.807, 2.05) is 30.3 Å². The molecule has 0 aromatic heterocycles. The molecular formula is C17H16F2O. The summed E-state index contributed by atoms with van der Waals surface area (Å²) in [7, 11) is 0. The van der Waals surface area contributed by atoms with Crippen molar-refractivity contribution in [1.82, 2.24) is 0 Å². The van der Waals surface area contributed by atoms with Crippen LogP contribution in [0, 0.1) is 11.6 Å². The molecule has 0 aliphatic heterocycles. The lowest BCUT2D eigenvalue weighted by Gasteiger charge is -2.23. The summed E-state index contributed by atoms with van der Waals surface area (Å²) < 4.78 is 27.3. The molecule has 1 aliphatic rings. The number of rotatable bonds is 4. The summed E-state index contributed by atoms with van der Waals surface area (Å²) in [6.07, 6.45) is 0.951. The Morgan fingerprint density at radius 3 is 2.10 bits per heavy atom. The third-order valence-electron chi connectivity index (χ3n) is 4.23. The number of halogens is 2. The van der Waals surface area contributed by atoms with E-state index in [2.05, 4.69) is 0 Å². The van der Waals surface area contributed by atoms with Crippen LogP contribution in [0.25, 0.3) is 0 Å². The zero-order valence-corrected chi connectivity index (χ0v) is 11.0. The molecule has 3 rings (SSSR count). The van der Waals surface area contributed by atoms with Gasteiger partial charge in [-0.1, -0.05) is 36.4 Å². The molecule has 1 fully saturated rings. The highest BCUT2D eigenvalue weighted by Crippen LogP contribution is 2.51. The fourth-order valence-electron chi connectivity index (χ4n) is 2.84. The molecule has 1 atom stereocenters. The molecule has 2 aromatic carbocycles. The first-order chi connectivity index (χ1) is 9.63. The van der Waals surface area contributed by atoms with Crippen molar-refractivity contribution in [2.45, 2.75) is 30.8 Å². The first-order valence-electron chi connectivity index (χ1n) is 6.80. The minimum absolute atomic E-state index is 0.00734. The Morgan fingerprint density at radius 1 is 0.950 bits per heavy atom. The van der Waals surface area contributed by atoms with E-state index in [0.29, 0.717) is 0 Å². The summed E-state index contributed by atoms with van der Waals surface area (Å²) >= 11 is 0. The van der Waals surface area contributed by atoms with Gasteiger partial charge >= 0.3 is 0 Å². The summed E-state index contributed by atoms with van der Waals surface area (Å²) in [5.41, 5.74) is 0.683. The van der Waals surface area contributed by atoms with Gasteiger partial charge in [-0.25, -0.2) is 8.78 Å². The molecule has 104 valence electrons. The van der Waals surface area contributed by atoms with Gasteiger partial charge in [-0.2, -0.15) is 0 Å². The van der Waals surface area contributed by atoms with Crippen LogP contribution in [0.5, 0.6) is 0 Å². The van der Waals surface area contributed by atoms with Crippen LogP contribution in [0.4, 0.5) is 8.78 Å². The van der Waals surface area contributed by atoms with Gasteiger partial charge in [0.2, 0.25) is 0 Å². The lowest BCUT2D eigenvalue weighted by atomic mass is 9.86. The molecule has 1 saturated carbocycles. The second-order valence-corrected chi connectivity index (χ2v) is 5.44. The molecule has 0 radical (unpaired) electrons. The second kappa shape index (κ2) is 4.98. The highest BCUT2D eigenvalue weighted by molar-refractivity contribution is 5.34. The van der Waals surface area contributed by atoms with Crippen LogP contribution in [-0.4, -0.2) is 11.2 Å². The molecule has 0 amide bonds. The van der Waals surface area contributed by atoms with Crippen LogP contribution in [0.3, 0.4) is 0 Å². The topological polar surface area (TPSA) is 20.2 Å². The number of aliphatic hydroxyl groups is 1. The van der Waals surface area contributed by atoms with Crippen molar-refractivity contribution >= 4 is 0 Å². The molecule has 0 heterocycles. The normalized spacial score (nSPS) is 17.8. The quantitative estimate of drug-likeness (QED) is 0.903. The maximum atomic E-state index is 13.7. The van der Waals surface area contributed by atoms with Gasteiger partial charge < -0.3 is 5.11 Å². The Bertz CT molecular complexity index is 585. The van der Waals surface area contributed by atoms with Crippen LogP contribution >= 0.6 is 0 Å². The second-order valence-electron chi connectivity index (χ2n) is 5.44. The van der Waals surface area contributed by atoms with E-state index in [4.69, 9.17) is 0 Å². The summed E-state index contributed by atoms with van der Waals surface area (Å²) in [4.78, 5) is 0. The van der Waals surface area contributed by atoms with Crippen LogP contribution in [0.2, 0.25) is 0 Å². The van der Waals surface area contributed by atoms with Gasteiger partial charge in [0.05, 0.1) is 6.10 Å². The van der Waals surface area contributed by atoms with E-state index in [9.17, 15) is 13.9 Å². The van der Waals surface area contributed by atoms with Gasteiger partial charge in [0.1, 0.15) is 11.6 Å². The van der Waals surface area contributed by atoms with Gasteiger partial charge in [-0.3, -0.25) is 0 Å². The molecule has 3 heteroatoms. The number of aliphatic hydroxyl groups excluding tert-OH is 1. The van der Waals surface area contributed by atoms with Gasteiger partial charge in [-0.15, -0.1) is 0 Å². The maximum Gasteiger partial charge on any atom is 0.129 e. The zero-order valence-electron chi connectivity index (χ0n) is 11.0. The number of hydrogen-bond donors (Lipinski definition) is 1. The van der Waals surface area contributed by atoms with E-state index < -0.39 is 17.7 Å². The van der Waals surface area contributed by atoms with E-state index in [1.54, 1.807) is 0 Å². The Morgan fingerprint density at radius 2 is 1.55 bits per heavy atom. The van der Waals surface area contributed by atoms with Crippen molar-refractivity contribution in [3.8, 4) is 0 Å². The molecule has 0 saturated heterocycles. The van der Waals surface area contributed by atoms with Gasteiger partial charge in [-0.05, 0) is 30.5 Å². The molecule has 1 N–H and O–H groups in total. The van der Waals surface area contributed by atoms with Gasteiger partial charge in [0.25, 0.3) is 0 Å². The fraction of sp³-hybridized carbons (Fsp3) is 0.294. The van der Waals surface area contributed by atoms with Crippen molar-refractivity contribution < 1.29 is 13.9 Å². The summed E-state index contributed by atoms with van der Waals surface area (Å²) in [6, 6.07) is 13.5. The first-order valence-corrected chi connectivity index (χ1v) is 6.80. The third kappa shape index (κ3) is 2.22. The first kappa shape index (κ1) is 13.3. The van der Waals surface area contributed by atoms with Gasteiger partial charge in [0, 0.05) is 17.4 Å². The fourth-order valence-corrected chi connectivity index (χ4v) is 2.84. The lowest BCUT2D eigenvalue weighted by Crippen LogP contribution is -2.29. The SMILES string of the molecule is OC(Cc1c(F)cccc1F)C1(c2ccccc2)CC1. The van der Waals surface area contributed by atoms with Crippen LogP contribution in [0.15, 0.2) is 48.5 Å². The molecule has 0 bridgehead atoms. The Labute approximate surface area is 116 Å². The molecular weight excluding hydrogens is 258 g/mol.